The van der Waals surface area contributed by atoms with Crippen molar-refractivity contribution in [2.24, 2.45) is 0 Å². The van der Waals surface area contributed by atoms with E-state index in [1.165, 1.54) is 6.20 Å². The summed E-state index contributed by atoms with van der Waals surface area (Å²) < 4.78 is 28.7. The molecule has 0 aromatic carbocycles. The molecule has 2 saturated carbocycles. The molecule has 146 valence electrons. The van der Waals surface area contributed by atoms with Gasteiger partial charge < -0.3 is 4.98 Å². The molecule has 8 heteroatoms. The Morgan fingerprint density at radius 2 is 1.89 bits per heavy atom. The van der Waals surface area contributed by atoms with Gasteiger partial charge in [-0.1, -0.05) is 6.07 Å². The van der Waals surface area contributed by atoms with Gasteiger partial charge >= 0.3 is 0 Å². The van der Waals surface area contributed by atoms with Gasteiger partial charge in [-0.2, -0.15) is 5.10 Å². The topological polar surface area (TPSA) is 76.5 Å². The molecule has 6 nitrogen and oxygen atoms in total. The van der Waals surface area contributed by atoms with E-state index in [-0.39, 0.29) is 36.3 Å². The molecule has 0 aliphatic heterocycles. The van der Waals surface area contributed by atoms with Crippen LogP contribution >= 0.6 is 0 Å². The van der Waals surface area contributed by atoms with Gasteiger partial charge in [-0.05, 0) is 37.8 Å². The third-order valence-corrected chi connectivity index (χ3v) is 6.21. The van der Waals surface area contributed by atoms with Crippen LogP contribution in [0.25, 0.3) is 11.0 Å². The largest absolute Gasteiger partial charge is 0.310 e. The number of hydrogen-bond donors (Lipinski definition) is 1. The molecule has 3 aromatic heterocycles. The van der Waals surface area contributed by atoms with Crippen molar-refractivity contribution >= 4 is 11.0 Å². The first-order valence-electron chi connectivity index (χ1n) is 9.78. The maximum absolute atomic E-state index is 13.5. The molecule has 28 heavy (non-hydrogen) atoms. The number of rotatable bonds is 3. The lowest BCUT2D eigenvalue weighted by Crippen LogP contribution is -2.28. The predicted octanol–water partition coefficient (Wildman–Crippen LogP) is 3.93. The quantitative estimate of drug-likeness (QED) is 0.741. The van der Waals surface area contributed by atoms with Gasteiger partial charge in [0.25, 0.3) is 5.56 Å². The van der Waals surface area contributed by atoms with E-state index in [4.69, 9.17) is 4.98 Å². The number of halogens is 2. The average Bonchev–Trinajstić information content (AvgIpc) is 3.06. The smallest absolute Gasteiger partial charge is 0.262 e. The van der Waals surface area contributed by atoms with E-state index in [2.05, 4.69) is 15.1 Å². The van der Waals surface area contributed by atoms with Crippen molar-refractivity contribution in [1.82, 2.24) is 24.7 Å². The van der Waals surface area contributed by atoms with Gasteiger partial charge in [0.1, 0.15) is 11.2 Å². The van der Waals surface area contributed by atoms with Crippen molar-refractivity contribution in [3.05, 3.63) is 52.5 Å². The Labute approximate surface area is 160 Å². The van der Waals surface area contributed by atoms with Crippen LogP contribution in [0.3, 0.4) is 0 Å². The molecule has 0 bridgehead atoms. The summed E-state index contributed by atoms with van der Waals surface area (Å²) in [7, 11) is 0. The number of H-pyrrole nitrogens is 1. The molecule has 3 aromatic rings. The van der Waals surface area contributed by atoms with Crippen LogP contribution in [0.2, 0.25) is 0 Å². The second kappa shape index (κ2) is 6.46. The molecule has 0 radical (unpaired) electrons. The van der Waals surface area contributed by atoms with Crippen LogP contribution in [-0.4, -0.2) is 30.7 Å². The minimum Gasteiger partial charge on any atom is -0.310 e. The molecular formula is C20H21F2N5O. The maximum Gasteiger partial charge on any atom is 0.262 e. The maximum atomic E-state index is 13.5. The van der Waals surface area contributed by atoms with Gasteiger partial charge in [0, 0.05) is 36.6 Å². The Balaban J connectivity index is 1.49. The molecular weight excluding hydrogens is 364 g/mol. The van der Waals surface area contributed by atoms with Crippen molar-refractivity contribution in [2.45, 2.75) is 62.3 Å². The Kier molecular flexibility index (Phi) is 4.03. The summed E-state index contributed by atoms with van der Waals surface area (Å²) in [6.07, 6.45) is 5.58. The van der Waals surface area contributed by atoms with Gasteiger partial charge in [-0.15, -0.1) is 0 Å². The highest BCUT2D eigenvalue weighted by Gasteiger charge is 2.38. The molecule has 1 unspecified atom stereocenters. The number of pyridine rings is 1. The zero-order chi connectivity index (χ0) is 19.3. The fraction of sp³-hybridized carbons (Fsp3) is 0.500. The third kappa shape index (κ3) is 2.91. The van der Waals surface area contributed by atoms with Crippen LogP contribution in [0.4, 0.5) is 8.78 Å². The van der Waals surface area contributed by atoms with Crippen LogP contribution in [0, 0.1) is 0 Å². The van der Waals surface area contributed by atoms with E-state index >= 15 is 0 Å². The van der Waals surface area contributed by atoms with Gasteiger partial charge in [0.2, 0.25) is 5.92 Å². The number of nitrogens with zero attached hydrogens (tertiary/aromatic N) is 4. The highest BCUT2D eigenvalue weighted by atomic mass is 19.3. The van der Waals surface area contributed by atoms with E-state index in [9.17, 15) is 13.6 Å². The number of aromatic nitrogens is 5. The third-order valence-electron chi connectivity index (χ3n) is 6.21. The van der Waals surface area contributed by atoms with Crippen LogP contribution in [0.1, 0.15) is 67.9 Å². The van der Waals surface area contributed by atoms with E-state index < -0.39 is 5.92 Å². The Morgan fingerprint density at radius 3 is 2.57 bits per heavy atom. The van der Waals surface area contributed by atoms with E-state index in [1.807, 2.05) is 18.2 Å². The summed E-state index contributed by atoms with van der Waals surface area (Å²) >= 11 is 0. The monoisotopic (exact) mass is 385 g/mol. The Bertz CT molecular complexity index is 1050. The molecule has 1 N–H and O–H groups in total. The van der Waals surface area contributed by atoms with Crippen LogP contribution in [0.5, 0.6) is 0 Å². The fourth-order valence-corrected chi connectivity index (χ4v) is 4.44. The molecule has 2 atom stereocenters. The van der Waals surface area contributed by atoms with Crippen molar-refractivity contribution in [1.29, 1.82) is 0 Å². The van der Waals surface area contributed by atoms with Gasteiger partial charge in [-0.25, -0.2) is 18.4 Å². The second-order valence-corrected chi connectivity index (χ2v) is 7.91. The normalized spacial score (nSPS) is 24.9. The zero-order valence-electron chi connectivity index (χ0n) is 15.3. The molecule has 5 rings (SSSR count). The first-order valence-corrected chi connectivity index (χ1v) is 9.78. The number of fused-ring (bicyclic) bond motifs is 1. The minimum atomic E-state index is -2.60. The van der Waals surface area contributed by atoms with Gasteiger partial charge in [0.05, 0.1) is 12.2 Å². The van der Waals surface area contributed by atoms with Gasteiger partial charge in [0.15, 0.2) is 5.65 Å². The lowest BCUT2D eigenvalue weighted by atomic mass is 9.71. The summed E-state index contributed by atoms with van der Waals surface area (Å²) in [5, 5.41) is 4.74. The predicted molar refractivity (Wildman–Crippen MR) is 99.6 cm³/mol. The number of aromatic amines is 1. The fourth-order valence-electron chi connectivity index (χ4n) is 4.44. The number of nitrogens with one attached hydrogen (secondary N) is 1. The second-order valence-electron chi connectivity index (χ2n) is 7.91. The molecule has 2 aliphatic carbocycles. The van der Waals surface area contributed by atoms with Crippen molar-refractivity contribution in [2.75, 3.05) is 0 Å². The first kappa shape index (κ1) is 17.5. The first-order chi connectivity index (χ1) is 13.5. The zero-order valence-corrected chi connectivity index (χ0v) is 15.3. The summed E-state index contributed by atoms with van der Waals surface area (Å²) in [4.78, 5) is 24.7. The molecule has 3 heterocycles. The number of hydrogen-bond acceptors (Lipinski definition) is 4. The van der Waals surface area contributed by atoms with Crippen molar-refractivity contribution in [3.8, 4) is 0 Å². The number of alkyl halides is 2. The molecule has 2 fully saturated rings. The van der Waals surface area contributed by atoms with E-state index in [1.54, 1.807) is 10.9 Å². The summed E-state index contributed by atoms with van der Waals surface area (Å²) in [6, 6.07) is 5.70. The lowest BCUT2D eigenvalue weighted by Gasteiger charge is -2.35. The molecule has 0 saturated heterocycles. The lowest BCUT2D eigenvalue weighted by molar-refractivity contribution is -0.0446. The molecule has 2 aliphatic rings. The van der Waals surface area contributed by atoms with Crippen LogP contribution < -0.4 is 5.56 Å². The Morgan fingerprint density at radius 1 is 1.11 bits per heavy atom. The highest BCUT2D eigenvalue weighted by molar-refractivity contribution is 5.73. The Hall–Kier alpha value is -2.64. The summed E-state index contributed by atoms with van der Waals surface area (Å²) in [6.45, 7) is 0. The average molecular weight is 385 g/mol. The van der Waals surface area contributed by atoms with E-state index in [0.29, 0.717) is 29.7 Å². The summed E-state index contributed by atoms with van der Waals surface area (Å²) in [5.74, 6) is -1.63. The SMILES string of the molecule is O=c1[nH]c(C2CC[C@H]2c2ccccn2)nc2c1cnn2C1CCC(F)(F)CC1. The molecule has 0 amide bonds. The van der Waals surface area contributed by atoms with Gasteiger partial charge in [-0.3, -0.25) is 9.78 Å². The minimum absolute atomic E-state index is 0.103. The summed E-state index contributed by atoms with van der Waals surface area (Å²) in [5.41, 5.74) is 1.28. The standard InChI is InChI=1S/C20H21F2N5O/c21-20(22)8-6-12(7-9-20)27-18-15(11-24-27)19(28)26-17(25-18)14-5-4-13(14)16-3-1-2-10-23-16/h1-3,10-14H,4-9H2,(H,25,26,28)/t13-,14?/m1/s1. The van der Waals surface area contributed by atoms with E-state index in [0.717, 1.165) is 18.5 Å². The molecule has 0 spiro atoms. The van der Waals surface area contributed by atoms with Crippen molar-refractivity contribution < 1.29 is 8.78 Å². The van der Waals surface area contributed by atoms with Crippen LogP contribution in [-0.2, 0) is 0 Å². The van der Waals surface area contributed by atoms with Crippen molar-refractivity contribution in [3.63, 3.8) is 0 Å². The van der Waals surface area contributed by atoms with Crippen LogP contribution in [0.15, 0.2) is 35.4 Å². The highest BCUT2D eigenvalue weighted by Crippen LogP contribution is 2.47.